The number of rotatable bonds is 2. The Labute approximate surface area is 110 Å². The zero-order valence-electron chi connectivity index (χ0n) is 10.4. The number of amides is 2. The number of carbonyl (C=O) groups is 2. The van der Waals surface area contributed by atoms with Gasteiger partial charge in [-0.05, 0) is 25.0 Å². The maximum absolute atomic E-state index is 12.0. The van der Waals surface area contributed by atoms with Gasteiger partial charge < -0.3 is 21.1 Å². The Kier molecular flexibility index (Phi) is 3.96. The molecule has 1 aliphatic heterocycles. The van der Waals surface area contributed by atoms with Crippen molar-refractivity contribution in [1.82, 2.24) is 9.88 Å². The second-order valence-corrected chi connectivity index (χ2v) is 4.48. The molecule has 4 N–H and O–H groups in total. The lowest BCUT2D eigenvalue weighted by Crippen LogP contribution is -2.47. The predicted octanol–water partition coefficient (Wildman–Crippen LogP) is 0.735. The van der Waals surface area contributed by atoms with Crippen molar-refractivity contribution in [3.8, 4) is 0 Å². The summed E-state index contributed by atoms with van der Waals surface area (Å²) < 4.78 is 0. The molecule has 1 atom stereocenters. The zero-order chi connectivity index (χ0) is 13.8. The van der Waals surface area contributed by atoms with Crippen LogP contribution in [0.2, 0.25) is 0 Å². The fourth-order valence-electron chi connectivity index (χ4n) is 2.07. The highest BCUT2D eigenvalue weighted by atomic mass is 16.4. The molecule has 1 unspecified atom stereocenters. The maximum atomic E-state index is 12.0. The molecule has 0 aromatic carbocycles. The number of carboxylic acid groups (broad SMARTS) is 1. The predicted molar refractivity (Wildman–Crippen MR) is 69.0 cm³/mol. The number of likely N-dealkylation sites (tertiary alicyclic amines) is 1. The SMILES string of the molecule is NC1CCCN(C(=O)Nc2cccnc2C(=O)O)C1. The van der Waals surface area contributed by atoms with Crippen molar-refractivity contribution in [2.75, 3.05) is 18.4 Å². The van der Waals surface area contributed by atoms with Crippen molar-refractivity contribution in [1.29, 1.82) is 0 Å². The van der Waals surface area contributed by atoms with E-state index >= 15 is 0 Å². The van der Waals surface area contributed by atoms with Crippen LogP contribution in [0.25, 0.3) is 0 Å². The number of anilines is 1. The van der Waals surface area contributed by atoms with Crippen LogP contribution in [0.5, 0.6) is 0 Å². The smallest absolute Gasteiger partial charge is 0.356 e. The molecule has 2 rings (SSSR count). The van der Waals surface area contributed by atoms with Crippen LogP contribution in [-0.2, 0) is 0 Å². The minimum Gasteiger partial charge on any atom is -0.476 e. The lowest BCUT2D eigenvalue weighted by molar-refractivity contribution is 0.0691. The van der Waals surface area contributed by atoms with Gasteiger partial charge in [0.25, 0.3) is 0 Å². The molecule has 1 aliphatic rings. The zero-order valence-corrected chi connectivity index (χ0v) is 10.4. The van der Waals surface area contributed by atoms with E-state index in [1.165, 1.54) is 12.3 Å². The quantitative estimate of drug-likeness (QED) is 0.729. The summed E-state index contributed by atoms with van der Waals surface area (Å²) in [5.41, 5.74) is 5.83. The van der Waals surface area contributed by atoms with E-state index in [-0.39, 0.29) is 23.5 Å². The molecule has 1 aromatic rings. The Morgan fingerprint density at radius 3 is 3.00 bits per heavy atom. The van der Waals surface area contributed by atoms with Gasteiger partial charge in [0.2, 0.25) is 0 Å². The van der Waals surface area contributed by atoms with Gasteiger partial charge in [0.1, 0.15) is 0 Å². The van der Waals surface area contributed by atoms with E-state index in [1.54, 1.807) is 11.0 Å². The molecule has 0 aliphatic carbocycles. The minimum atomic E-state index is -1.17. The number of nitrogens with zero attached hydrogens (tertiary/aromatic N) is 2. The lowest BCUT2D eigenvalue weighted by atomic mass is 10.1. The van der Waals surface area contributed by atoms with Gasteiger partial charge in [0, 0.05) is 25.3 Å². The number of piperidine rings is 1. The van der Waals surface area contributed by atoms with Gasteiger partial charge in [0.05, 0.1) is 5.69 Å². The molecule has 7 nitrogen and oxygen atoms in total. The first-order valence-electron chi connectivity index (χ1n) is 6.07. The van der Waals surface area contributed by atoms with Crippen molar-refractivity contribution in [3.05, 3.63) is 24.0 Å². The summed E-state index contributed by atoms with van der Waals surface area (Å²) in [6.07, 6.45) is 3.13. The Hall–Kier alpha value is -2.15. The van der Waals surface area contributed by atoms with E-state index in [0.29, 0.717) is 13.1 Å². The van der Waals surface area contributed by atoms with Crippen LogP contribution in [0.1, 0.15) is 23.3 Å². The van der Waals surface area contributed by atoms with Gasteiger partial charge in [0.15, 0.2) is 5.69 Å². The van der Waals surface area contributed by atoms with Crippen LogP contribution in [0.3, 0.4) is 0 Å². The number of carbonyl (C=O) groups excluding carboxylic acids is 1. The van der Waals surface area contributed by atoms with Gasteiger partial charge in [-0.25, -0.2) is 14.6 Å². The van der Waals surface area contributed by atoms with Crippen LogP contribution in [0, 0.1) is 0 Å². The summed E-state index contributed by atoms with van der Waals surface area (Å²) in [5, 5.41) is 11.6. The van der Waals surface area contributed by atoms with Gasteiger partial charge in [-0.2, -0.15) is 0 Å². The molecule has 19 heavy (non-hydrogen) atoms. The summed E-state index contributed by atoms with van der Waals surface area (Å²) >= 11 is 0. The summed E-state index contributed by atoms with van der Waals surface area (Å²) in [4.78, 5) is 28.3. The molecule has 1 aromatic heterocycles. The summed E-state index contributed by atoms with van der Waals surface area (Å²) in [5.74, 6) is -1.17. The number of hydrogen-bond donors (Lipinski definition) is 3. The number of pyridine rings is 1. The number of nitrogens with two attached hydrogens (primary N) is 1. The third-order valence-corrected chi connectivity index (χ3v) is 3.00. The molecule has 2 heterocycles. The van der Waals surface area contributed by atoms with Crippen LogP contribution in [0.4, 0.5) is 10.5 Å². The van der Waals surface area contributed by atoms with Crippen molar-refractivity contribution in [3.63, 3.8) is 0 Å². The van der Waals surface area contributed by atoms with Crippen molar-refractivity contribution < 1.29 is 14.7 Å². The molecular weight excluding hydrogens is 248 g/mol. The molecule has 0 radical (unpaired) electrons. The number of hydrogen-bond acceptors (Lipinski definition) is 4. The standard InChI is InChI=1S/C12H16N4O3/c13-8-3-2-6-16(7-8)12(19)15-9-4-1-5-14-10(9)11(17)18/h1,4-5,8H,2-3,6-7,13H2,(H,15,19)(H,17,18). The van der Waals surface area contributed by atoms with Gasteiger partial charge >= 0.3 is 12.0 Å². The number of aromatic carboxylic acids is 1. The maximum Gasteiger partial charge on any atom is 0.356 e. The van der Waals surface area contributed by atoms with Gasteiger partial charge in [-0.3, -0.25) is 0 Å². The molecule has 0 spiro atoms. The molecular formula is C12H16N4O3. The van der Waals surface area contributed by atoms with Crippen LogP contribution < -0.4 is 11.1 Å². The molecule has 0 bridgehead atoms. The van der Waals surface area contributed by atoms with Crippen molar-refractivity contribution in [2.24, 2.45) is 5.73 Å². The first-order chi connectivity index (χ1) is 9.08. The Morgan fingerprint density at radius 2 is 2.32 bits per heavy atom. The van der Waals surface area contributed by atoms with Crippen LogP contribution in [0.15, 0.2) is 18.3 Å². The normalized spacial score (nSPS) is 19.0. The van der Waals surface area contributed by atoms with Crippen LogP contribution in [-0.4, -0.2) is 46.1 Å². The minimum absolute atomic E-state index is 0.0210. The molecule has 7 heteroatoms. The summed E-state index contributed by atoms with van der Waals surface area (Å²) in [7, 11) is 0. The Bertz CT molecular complexity index is 492. The topological polar surface area (TPSA) is 109 Å². The fraction of sp³-hybridized carbons (Fsp3) is 0.417. The highest BCUT2D eigenvalue weighted by Crippen LogP contribution is 2.15. The third kappa shape index (κ3) is 3.19. The van der Waals surface area contributed by atoms with E-state index in [1.807, 2.05) is 0 Å². The number of aromatic nitrogens is 1. The second-order valence-electron chi connectivity index (χ2n) is 4.48. The molecule has 1 fully saturated rings. The van der Waals surface area contributed by atoms with Crippen LogP contribution >= 0.6 is 0 Å². The largest absolute Gasteiger partial charge is 0.476 e. The highest BCUT2D eigenvalue weighted by Gasteiger charge is 2.22. The number of urea groups is 1. The number of carboxylic acids is 1. The first-order valence-corrected chi connectivity index (χ1v) is 6.07. The third-order valence-electron chi connectivity index (χ3n) is 3.00. The monoisotopic (exact) mass is 264 g/mol. The molecule has 102 valence electrons. The fourth-order valence-corrected chi connectivity index (χ4v) is 2.07. The average molecular weight is 264 g/mol. The Morgan fingerprint density at radius 1 is 1.53 bits per heavy atom. The summed E-state index contributed by atoms with van der Waals surface area (Å²) in [6.45, 7) is 1.11. The van der Waals surface area contributed by atoms with E-state index in [0.717, 1.165) is 12.8 Å². The average Bonchev–Trinajstić information content (AvgIpc) is 2.39. The van der Waals surface area contributed by atoms with Crippen molar-refractivity contribution in [2.45, 2.75) is 18.9 Å². The van der Waals surface area contributed by atoms with E-state index in [9.17, 15) is 9.59 Å². The Balaban J connectivity index is 2.08. The summed E-state index contributed by atoms with van der Waals surface area (Å²) in [6, 6.07) is 2.72. The highest BCUT2D eigenvalue weighted by molar-refractivity contribution is 5.98. The van der Waals surface area contributed by atoms with Gasteiger partial charge in [-0.1, -0.05) is 0 Å². The number of nitrogens with one attached hydrogen (secondary N) is 1. The van der Waals surface area contributed by atoms with E-state index < -0.39 is 5.97 Å². The van der Waals surface area contributed by atoms with E-state index in [4.69, 9.17) is 10.8 Å². The molecule has 0 saturated carbocycles. The second kappa shape index (κ2) is 5.66. The molecule has 1 saturated heterocycles. The first kappa shape index (κ1) is 13.3. The van der Waals surface area contributed by atoms with E-state index in [2.05, 4.69) is 10.3 Å². The lowest BCUT2D eigenvalue weighted by Gasteiger charge is -2.30. The van der Waals surface area contributed by atoms with Gasteiger partial charge in [-0.15, -0.1) is 0 Å². The van der Waals surface area contributed by atoms with Crippen molar-refractivity contribution >= 4 is 17.7 Å². The molecule has 2 amide bonds.